The van der Waals surface area contributed by atoms with Crippen LogP contribution in [0.15, 0.2) is 11.4 Å². The fourth-order valence-corrected chi connectivity index (χ4v) is 3.61. The van der Waals surface area contributed by atoms with Gasteiger partial charge in [-0.15, -0.1) is 11.3 Å². The summed E-state index contributed by atoms with van der Waals surface area (Å²) in [7, 11) is 0. The Morgan fingerprint density at radius 2 is 2.31 bits per heavy atom. The third kappa shape index (κ3) is 2.15. The van der Waals surface area contributed by atoms with Crippen molar-refractivity contribution in [2.75, 3.05) is 6.54 Å². The minimum absolute atomic E-state index is 0.361. The van der Waals surface area contributed by atoms with Gasteiger partial charge < -0.3 is 5.32 Å². The van der Waals surface area contributed by atoms with Crippen molar-refractivity contribution < 1.29 is 0 Å². The predicted octanol–water partition coefficient (Wildman–Crippen LogP) is 4.28. The summed E-state index contributed by atoms with van der Waals surface area (Å²) in [6.45, 7) is 8.07. The van der Waals surface area contributed by atoms with E-state index in [0.717, 1.165) is 10.9 Å². The molecule has 2 rings (SSSR count). The first-order valence-corrected chi connectivity index (χ1v) is 7.28. The van der Waals surface area contributed by atoms with Crippen molar-refractivity contribution in [3.63, 3.8) is 0 Å². The van der Waals surface area contributed by atoms with Gasteiger partial charge in [-0.2, -0.15) is 0 Å². The zero-order valence-corrected chi connectivity index (χ0v) is 11.8. The number of hydrogen-bond acceptors (Lipinski definition) is 2. The summed E-state index contributed by atoms with van der Waals surface area (Å²) < 4.78 is 0.913. The topological polar surface area (TPSA) is 12.0 Å². The first kappa shape index (κ1) is 12.4. The van der Waals surface area contributed by atoms with E-state index in [2.05, 4.69) is 37.5 Å². The average molecular weight is 258 g/mol. The summed E-state index contributed by atoms with van der Waals surface area (Å²) in [5, 5.41) is 5.85. The van der Waals surface area contributed by atoms with Gasteiger partial charge in [0, 0.05) is 6.04 Å². The van der Waals surface area contributed by atoms with E-state index in [0.29, 0.717) is 17.4 Å². The van der Waals surface area contributed by atoms with Crippen LogP contribution in [-0.4, -0.2) is 12.6 Å². The molecule has 90 valence electrons. The molecule has 1 aromatic rings. The van der Waals surface area contributed by atoms with Crippen LogP contribution in [0.2, 0.25) is 4.34 Å². The van der Waals surface area contributed by atoms with Crippen LogP contribution in [0, 0.1) is 5.41 Å². The van der Waals surface area contributed by atoms with Gasteiger partial charge in [-0.1, -0.05) is 32.4 Å². The molecule has 0 spiro atoms. The molecule has 2 unspecified atom stereocenters. The molecule has 0 saturated heterocycles. The van der Waals surface area contributed by atoms with Crippen LogP contribution in [0.3, 0.4) is 0 Å². The van der Waals surface area contributed by atoms with Crippen molar-refractivity contribution in [2.45, 2.75) is 45.6 Å². The molecule has 1 saturated carbocycles. The second-order valence-electron chi connectivity index (χ2n) is 5.30. The fourth-order valence-electron chi connectivity index (χ4n) is 2.66. The molecule has 1 aromatic heterocycles. The normalized spacial score (nSPS) is 27.8. The zero-order valence-electron chi connectivity index (χ0n) is 10.2. The molecule has 16 heavy (non-hydrogen) atoms. The van der Waals surface area contributed by atoms with Crippen LogP contribution in [0.25, 0.3) is 0 Å². The average Bonchev–Trinajstić information content (AvgIpc) is 2.63. The van der Waals surface area contributed by atoms with Gasteiger partial charge in [0.25, 0.3) is 0 Å². The molecule has 1 N–H and O–H groups in total. The van der Waals surface area contributed by atoms with Crippen LogP contribution in [-0.2, 0) is 0 Å². The summed E-state index contributed by atoms with van der Waals surface area (Å²) in [4.78, 5) is 0. The first-order valence-electron chi connectivity index (χ1n) is 6.03. The molecular formula is C13H20ClNS. The molecule has 0 amide bonds. The van der Waals surface area contributed by atoms with Crippen LogP contribution >= 0.6 is 22.9 Å². The monoisotopic (exact) mass is 257 g/mol. The number of halogens is 1. The molecule has 0 radical (unpaired) electrons. The van der Waals surface area contributed by atoms with Crippen molar-refractivity contribution in [3.05, 3.63) is 21.3 Å². The molecule has 1 heterocycles. The quantitative estimate of drug-likeness (QED) is 0.849. The Hall–Kier alpha value is -0.0500. The largest absolute Gasteiger partial charge is 0.313 e. The number of rotatable bonds is 4. The lowest BCUT2D eigenvalue weighted by Crippen LogP contribution is -2.55. The van der Waals surface area contributed by atoms with E-state index >= 15 is 0 Å². The highest BCUT2D eigenvalue weighted by atomic mass is 35.5. The molecule has 1 fully saturated rings. The van der Waals surface area contributed by atoms with Crippen molar-refractivity contribution in [2.24, 2.45) is 5.41 Å². The first-order chi connectivity index (χ1) is 7.55. The van der Waals surface area contributed by atoms with Crippen LogP contribution in [0.1, 0.15) is 45.1 Å². The van der Waals surface area contributed by atoms with E-state index < -0.39 is 0 Å². The van der Waals surface area contributed by atoms with Gasteiger partial charge in [0.1, 0.15) is 0 Å². The van der Waals surface area contributed by atoms with Crippen molar-refractivity contribution >= 4 is 22.9 Å². The lowest BCUT2D eigenvalue weighted by molar-refractivity contribution is 0.0697. The second-order valence-corrected chi connectivity index (χ2v) is 6.84. The molecular weight excluding hydrogens is 238 g/mol. The summed E-state index contributed by atoms with van der Waals surface area (Å²) in [5.74, 6) is 0.672. The molecule has 1 aliphatic carbocycles. The van der Waals surface area contributed by atoms with Crippen LogP contribution < -0.4 is 5.32 Å². The molecule has 1 nitrogen and oxygen atoms in total. The summed E-state index contributed by atoms with van der Waals surface area (Å²) in [6.07, 6.45) is 2.46. The van der Waals surface area contributed by atoms with Gasteiger partial charge in [-0.3, -0.25) is 0 Å². The van der Waals surface area contributed by atoms with E-state index in [1.165, 1.54) is 18.4 Å². The van der Waals surface area contributed by atoms with Crippen molar-refractivity contribution in [1.29, 1.82) is 0 Å². The van der Waals surface area contributed by atoms with Crippen LogP contribution in [0.5, 0.6) is 0 Å². The van der Waals surface area contributed by atoms with Crippen molar-refractivity contribution in [1.82, 2.24) is 5.32 Å². The van der Waals surface area contributed by atoms with Crippen molar-refractivity contribution in [3.8, 4) is 0 Å². The standard InChI is InChI=1S/C13H20ClNS/c1-4-5-15-11-7-10(13(11,2)3)9-6-12(14)16-8-9/h6,8,10-11,15H,4-5,7H2,1-3H3. The number of nitrogens with one attached hydrogen (secondary N) is 1. The Morgan fingerprint density at radius 1 is 1.56 bits per heavy atom. The molecule has 3 heteroatoms. The number of hydrogen-bond donors (Lipinski definition) is 1. The van der Waals surface area contributed by atoms with Gasteiger partial charge >= 0.3 is 0 Å². The van der Waals surface area contributed by atoms with E-state index in [9.17, 15) is 0 Å². The highest BCUT2D eigenvalue weighted by Gasteiger charge is 2.48. The van der Waals surface area contributed by atoms with Gasteiger partial charge in [-0.05, 0) is 47.7 Å². The minimum atomic E-state index is 0.361. The summed E-state index contributed by atoms with van der Waals surface area (Å²) in [6, 6.07) is 2.80. The Kier molecular flexibility index (Phi) is 3.62. The third-order valence-corrected chi connectivity index (χ3v) is 5.01. The summed E-state index contributed by atoms with van der Waals surface area (Å²) in [5.41, 5.74) is 1.79. The van der Waals surface area contributed by atoms with Gasteiger partial charge in [0.15, 0.2) is 0 Å². The highest BCUT2D eigenvalue weighted by molar-refractivity contribution is 7.14. The molecule has 0 aromatic carbocycles. The van der Waals surface area contributed by atoms with Gasteiger partial charge in [0.2, 0.25) is 0 Å². The molecule has 2 atom stereocenters. The van der Waals surface area contributed by atoms with E-state index in [1.807, 2.05) is 0 Å². The third-order valence-electron chi connectivity index (χ3n) is 3.90. The smallest absolute Gasteiger partial charge is 0.0931 e. The van der Waals surface area contributed by atoms with Gasteiger partial charge in [0.05, 0.1) is 4.34 Å². The lowest BCUT2D eigenvalue weighted by Gasteiger charge is -2.52. The maximum atomic E-state index is 6.00. The van der Waals surface area contributed by atoms with Crippen LogP contribution in [0.4, 0.5) is 0 Å². The SMILES string of the molecule is CCCNC1CC(c2csc(Cl)c2)C1(C)C. The lowest BCUT2D eigenvalue weighted by atomic mass is 9.56. The highest BCUT2D eigenvalue weighted by Crippen LogP contribution is 2.53. The zero-order chi connectivity index (χ0) is 11.8. The maximum Gasteiger partial charge on any atom is 0.0931 e. The Balaban J connectivity index is 2.01. The minimum Gasteiger partial charge on any atom is -0.313 e. The van der Waals surface area contributed by atoms with E-state index in [1.54, 1.807) is 11.3 Å². The molecule has 0 bridgehead atoms. The maximum absolute atomic E-state index is 6.00. The Labute approximate surface area is 107 Å². The fraction of sp³-hybridized carbons (Fsp3) is 0.692. The van der Waals surface area contributed by atoms with E-state index in [-0.39, 0.29) is 0 Å². The Morgan fingerprint density at radius 3 is 2.81 bits per heavy atom. The summed E-state index contributed by atoms with van der Waals surface area (Å²) >= 11 is 7.65. The van der Waals surface area contributed by atoms with Gasteiger partial charge in [-0.25, -0.2) is 0 Å². The molecule has 0 aliphatic heterocycles. The van der Waals surface area contributed by atoms with E-state index in [4.69, 9.17) is 11.6 Å². The molecule has 1 aliphatic rings. The predicted molar refractivity (Wildman–Crippen MR) is 72.5 cm³/mol. The Bertz CT molecular complexity index is 359. The second kappa shape index (κ2) is 4.67. The number of thiophene rings is 1.